The highest BCUT2D eigenvalue weighted by atomic mass is 32.2. The Morgan fingerprint density at radius 3 is 2.73 bits per heavy atom. The topological polar surface area (TPSA) is 73.0 Å². The molecule has 0 saturated carbocycles. The molecule has 8 heteroatoms. The number of quaternary nitrogens is 1. The summed E-state index contributed by atoms with van der Waals surface area (Å²) in [5.74, 6) is 0.797. The van der Waals surface area contributed by atoms with Gasteiger partial charge in [0.1, 0.15) is 17.3 Å². The van der Waals surface area contributed by atoms with Crippen LogP contribution in [-0.2, 0) is 14.8 Å². The fourth-order valence-electron chi connectivity index (χ4n) is 2.60. The first-order chi connectivity index (χ1) is 10.7. The third-order valence-electron chi connectivity index (χ3n) is 3.75. The molecule has 0 unspecified atom stereocenters. The highest BCUT2D eigenvalue weighted by molar-refractivity contribution is 7.91. The van der Waals surface area contributed by atoms with E-state index in [4.69, 9.17) is 9.15 Å². The van der Waals surface area contributed by atoms with E-state index in [1.165, 1.54) is 16.2 Å². The van der Waals surface area contributed by atoms with Crippen molar-refractivity contribution in [2.45, 2.75) is 10.3 Å². The molecule has 2 N–H and O–H groups in total. The maximum Gasteiger partial charge on any atom is 0.250 e. The van der Waals surface area contributed by atoms with Gasteiger partial charge in [-0.2, -0.15) is 0 Å². The molecular formula is C14H19N2O4S2+. The molecule has 1 saturated heterocycles. The minimum Gasteiger partial charge on any atom is -0.463 e. The molecule has 120 valence electrons. The zero-order valence-corrected chi connectivity index (χ0v) is 13.7. The number of ether oxygens (including phenoxy) is 1. The fraction of sp³-hybridized carbons (Fsp3) is 0.429. The van der Waals surface area contributed by atoms with Crippen LogP contribution in [0.2, 0.25) is 0 Å². The zero-order valence-electron chi connectivity index (χ0n) is 12.0. The fourth-order valence-corrected chi connectivity index (χ4v) is 4.68. The van der Waals surface area contributed by atoms with Gasteiger partial charge < -0.3 is 14.1 Å². The molecule has 1 aliphatic heterocycles. The number of hydrogen-bond acceptors (Lipinski definition) is 5. The summed E-state index contributed by atoms with van der Waals surface area (Å²) in [6.07, 6.45) is 1.62. The highest BCUT2D eigenvalue weighted by Gasteiger charge is 2.30. The molecular weight excluding hydrogens is 324 g/mol. The summed E-state index contributed by atoms with van der Waals surface area (Å²) in [6, 6.07) is 7.02. The molecule has 3 heterocycles. The van der Waals surface area contributed by atoms with Crippen molar-refractivity contribution in [3.8, 4) is 0 Å². The summed E-state index contributed by atoms with van der Waals surface area (Å²) in [7, 11) is -3.46. The molecule has 1 atom stereocenters. The second kappa shape index (κ2) is 6.93. The normalized spacial score (nSPS) is 18.4. The predicted octanol–water partition coefficient (Wildman–Crippen LogP) is 0.276. The third-order valence-corrected chi connectivity index (χ3v) is 6.57. The van der Waals surface area contributed by atoms with Crippen LogP contribution >= 0.6 is 11.3 Å². The van der Waals surface area contributed by atoms with Crippen LogP contribution in [0.15, 0.2) is 44.5 Å². The number of morpholine rings is 1. The van der Waals surface area contributed by atoms with E-state index in [2.05, 4.69) is 4.72 Å². The van der Waals surface area contributed by atoms with E-state index < -0.39 is 10.0 Å². The Morgan fingerprint density at radius 1 is 1.27 bits per heavy atom. The minimum absolute atomic E-state index is 0.0476. The van der Waals surface area contributed by atoms with Gasteiger partial charge in [0.15, 0.2) is 11.8 Å². The lowest BCUT2D eigenvalue weighted by molar-refractivity contribution is -0.938. The highest BCUT2D eigenvalue weighted by Crippen LogP contribution is 2.16. The van der Waals surface area contributed by atoms with Crippen LogP contribution in [0.3, 0.4) is 0 Å². The molecule has 0 bridgehead atoms. The number of hydrogen-bond donors (Lipinski definition) is 2. The standard InChI is InChI=1S/C14H18N2O4S2/c17-22(18,14-4-2-10-21-14)15-11-12(13-3-1-7-20-13)16-5-8-19-9-6-16/h1-4,7,10,12,15H,5-6,8-9,11H2/p+1/t12-/m1/s1. The van der Waals surface area contributed by atoms with Gasteiger partial charge in [0.05, 0.1) is 26.0 Å². The summed E-state index contributed by atoms with van der Waals surface area (Å²) >= 11 is 1.21. The first-order valence-electron chi connectivity index (χ1n) is 7.16. The lowest BCUT2D eigenvalue weighted by atomic mass is 10.2. The first kappa shape index (κ1) is 15.7. The number of sulfonamides is 1. The van der Waals surface area contributed by atoms with Crippen molar-refractivity contribution in [3.63, 3.8) is 0 Å². The minimum atomic E-state index is -3.46. The van der Waals surface area contributed by atoms with E-state index in [0.29, 0.717) is 24.0 Å². The zero-order chi connectivity index (χ0) is 15.4. The van der Waals surface area contributed by atoms with Crippen LogP contribution in [0, 0.1) is 0 Å². The molecule has 6 nitrogen and oxygen atoms in total. The Bertz CT molecular complexity index is 662. The third kappa shape index (κ3) is 3.58. The van der Waals surface area contributed by atoms with Crippen LogP contribution in [-0.4, -0.2) is 41.3 Å². The molecule has 2 aromatic heterocycles. The molecule has 22 heavy (non-hydrogen) atoms. The van der Waals surface area contributed by atoms with Crippen molar-refractivity contribution in [2.24, 2.45) is 0 Å². The number of nitrogens with one attached hydrogen (secondary N) is 2. The average molecular weight is 343 g/mol. The van der Waals surface area contributed by atoms with Gasteiger partial charge in [-0.05, 0) is 23.6 Å². The van der Waals surface area contributed by atoms with Gasteiger partial charge in [-0.25, -0.2) is 13.1 Å². The largest absolute Gasteiger partial charge is 0.463 e. The van der Waals surface area contributed by atoms with E-state index in [9.17, 15) is 8.42 Å². The number of rotatable bonds is 6. The molecule has 0 amide bonds. The van der Waals surface area contributed by atoms with Gasteiger partial charge in [-0.3, -0.25) is 0 Å². The van der Waals surface area contributed by atoms with Crippen LogP contribution in [0.4, 0.5) is 0 Å². The number of furan rings is 1. The monoisotopic (exact) mass is 343 g/mol. The maximum absolute atomic E-state index is 12.3. The Kier molecular flexibility index (Phi) is 4.94. The van der Waals surface area contributed by atoms with Crippen LogP contribution in [0.25, 0.3) is 0 Å². The summed E-state index contributed by atoms with van der Waals surface area (Å²) in [5.41, 5.74) is 0. The Hall–Kier alpha value is -1.19. The van der Waals surface area contributed by atoms with Crippen molar-refractivity contribution in [3.05, 3.63) is 41.7 Å². The van der Waals surface area contributed by atoms with Gasteiger partial charge in [-0.1, -0.05) is 6.07 Å². The van der Waals surface area contributed by atoms with Crippen LogP contribution in [0.1, 0.15) is 11.8 Å². The molecule has 0 spiro atoms. The Labute approximate surface area is 133 Å². The molecule has 1 fully saturated rings. The van der Waals surface area contributed by atoms with E-state index >= 15 is 0 Å². The number of thiophene rings is 1. The smallest absolute Gasteiger partial charge is 0.250 e. The second-order valence-electron chi connectivity index (χ2n) is 5.12. The average Bonchev–Trinajstić information content (AvgIpc) is 3.22. The SMILES string of the molecule is O=S(=O)(NC[C@H](c1ccco1)[NH+]1CCOCC1)c1cccs1. The Balaban J connectivity index is 1.73. The van der Waals surface area contributed by atoms with E-state index in [1.807, 2.05) is 12.1 Å². The van der Waals surface area contributed by atoms with Crippen molar-refractivity contribution in [1.29, 1.82) is 0 Å². The van der Waals surface area contributed by atoms with E-state index in [1.54, 1.807) is 23.8 Å². The quantitative estimate of drug-likeness (QED) is 0.790. The lowest BCUT2D eigenvalue weighted by Crippen LogP contribution is -3.15. The summed E-state index contributed by atoms with van der Waals surface area (Å²) < 4.78 is 38.5. The first-order valence-corrected chi connectivity index (χ1v) is 9.52. The lowest BCUT2D eigenvalue weighted by Gasteiger charge is -2.30. The molecule has 1 aliphatic rings. The van der Waals surface area contributed by atoms with Crippen molar-refractivity contribution >= 4 is 21.4 Å². The van der Waals surface area contributed by atoms with Gasteiger partial charge >= 0.3 is 0 Å². The molecule has 3 rings (SSSR count). The van der Waals surface area contributed by atoms with Crippen LogP contribution in [0.5, 0.6) is 0 Å². The van der Waals surface area contributed by atoms with Crippen LogP contribution < -0.4 is 9.62 Å². The molecule has 0 aliphatic carbocycles. The van der Waals surface area contributed by atoms with Gasteiger partial charge in [0, 0.05) is 0 Å². The summed E-state index contributed by atoms with van der Waals surface area (Å²) in [4.78, 5) is 1.27. The predicted molar refractivity (Wildman–Crippen MR) is 82.5 cm³/mol. The summed E-state index contributed by atoms with van der Waals surface area (Å²) in [5, 5.41) is 1.76. The van der Waals surface area contributed by atoms with E-state index in [0.717, 1.165) is 18.8 Å². The van der Waals surface area contributed by atoms with Gasteiger partial charge in [0.25, 0.3) is 0 Å². The van der Waals surface area contributed by atoms with Crippen molar-refractivity contribution in [2.75, 3.05) is 32.8 Å². The van der Waals surface area contributed by atoms with Crippen molar-refractivity contribution in [1.82, 2.24) is 4.72 Å². The Morgan fingerprint density at radius 2 is 2.09 bits per heavy atom. The van der Waals surface area contributed by atoms with Gasteiger partial charge in [0.2, 0.25) is 10.0 Å². The molecule has 0 radical (unpaired) electrons. The second-order valence-corrected chi connectivity index (χ2v) is 8.06. The summed E-state index contributed by atoms with van der Waals surface area (Å²) in [6.45, 7) is 3.36. The van der Waals surface area contributed by atoms with E-state index in [-0.39, 0.29) is 6.04 Å². The van der Waals surface area contributed by atoms with Gasteiger partial charge in [-0.15, -0.1) is 11.3 Å². The molecule has 0 aromatic carbocycles. The maximum atomic E-state index is 12.3. The van der Waals surface area contributed by atoms with Crippen molar-refractivity contribution < 1.29 is 22.5 Å². The molecule has 2 aromatic rings.